The minimum absolute atomic E-state index is 0.0400. The Hall–Kier alpha value is -1.32. The molecule has 118 valence electrons. The van der Waals surface area contributed by atoms with E-state index in [9.17, 15) is 0 Å². The molecule has 1 saturated carbocycles. The van der Waals surface area contributed by atoms with Crippen LogP contribution < -0.4 is 10.6 Å². The van der Waals surface area contributed by atoms with Gasteiger partial charge in [0.2, 0.25) is 0 Å². The van der Waals surface area contributed by atoms with Gasteiger partial charge in [0.1, 0.15) is 17.5 Å². The third-order valence-corrected chi connectivity index (χ3v) is 4.19. The molecule has 1 heterocycles. The number of nitrogens with one attached hydrogen (secondary N) is 2. The van der Waals surface area contributed by atoms with Crippen LogP contribution in [0.2, 0.25) is 0 Å². The van der Waals surface area contributed by atoms with E-state index in [4.69, 9.17) is 9.97 Å². The number of anilines is 2. The van der Waals surface area contributed by atoms with Crippen molar-refractivity contribution in [2.75, 3.05) is 23.7 Å². The normalized spacial score (nSPS) is 16.2. The second-order valence-electron chi connectivity index (χ2n) is 7.18. The maximum absolute atomic E-state index is 4.79. The van der Waals surface area contributed by atoms with Crippen molar-refractivity contribution in [1.82, 2.24) is 9.97 Å². The molecule has 0 radical (unpaired) electrons. The molecule has 1 aliphatic rings. The van der Waals surface area contributed by atoms with Gasteiger partial charge in [-0.3, -0.25) is 0 Å². The zero-order chi connectivity index (χ0) is 15.5. The molecule has 0 amide bonds. The van der Waals surface area contributed by atoms with Gasteiger partial charge >= 0.3 is 0 Å². The van der Waals surface area contributed by atoms with E-state index in [0.29, 0.717) is 0 Å². The summed E-state index contributed by atoms with van der Waals surface area (Å²) in [5, 5.41) is 6.94. The highest BCUT2D eigenvalue weighted by Crippen LogP contribution is 2.28. The second-order valence-corrected chi connectivity index (χ2v) is 7.18. The fourth-order valence-electron chi connectivity index (χ4n) is 2.82. The minimum atomic E-state index is -0.0400. The SMILES string of the molecule is CCNc1nc(C(C)(C)C)nc(NCC2CCCC2)c1C. The van der Waals surface area contributed by atoms with E-state index in [2.05, 4.69) is 45.3 Å². The van der Waals surface area contributed by atoms with Crippen LogP contribution in [0.25, 0.3) is 0 Å². The Morgan fingerprint density at radius 2 is 1.62 bits per heavy atom. The van der Waals surface area contributed by atoms with E-state index in [1.807, 2.05) is 0 Å². The summed E-state index contributed by atoms with van der Waals surface area (Å²) in [6, 6.07) is 0. The van der Waals surface area contributed by atoms with Gasteiger partial charge in [-0.25, -0.2) is 9.97 Å². The monoisotopic (exact) mass is 290 g/mol. The Bertz CT molecular complexity index is 470. The van der Waals surface area contributed by atoms with Crippen LogP contribution >= 0.6 is 0 Å². The summed E-state index contributed by atoms with van der Waals surface area (Å²) in [5.41, 5.74) is 1.09. The molecule has 21 heavy (non-hydrogen) atoms. The van der Waals surface area contributed by atoms with Gasteiger partial charge in [-0.1, -0.05) is 33.6 Å². The fraction of sp³-hybridized carbons (Fsp3) is 0.765. The second kappa shape index (κ2) is 6.63. The molecule has 0 atom stereocenters. The molecule has 0 aromatic carbocycles. The molecule has 0 saturated heterocycles. The van der Waals surface area contributed by atoms with Gasteiger partial charge in [0.05, 0.1) is 0 Å². The van der Waals surface area contributed by atoms with E-state index in [-0.39, 0.29) is 5.41 Å². The molecule has 1 aromatic rings. The molecule has 1 fully saturated rings. The third-order valence-electron chi connectivity index (χ3n) is 4.19. The molecule has 0 bridgehead atoms. The van der Waals surface area contributed by atoms with E-state index in [1.54, 1.807) is 0 Å². The van der Waals surface area contributed by atoms with Gasteiger partial charge in [0.15, 0.2) is 0 Å². The smallest absolute Gasteiger partial charge is 0.138 e. The highest BCUT2D eigenvalue weighted by molar-refractivity contribution is 5.57. The van der Waals surface area contributed by atoms with Gasteiger partial charge in [-0.2, -0.15) is 0 Å². The molecule has 2 rings (SSSR count). The first-order chi connectivity index (χ1) is 9.91. The molecule has 1 aliphatic carbocycles. The fourth-order valence-corrected chi connectivity index (χ4v) is 2.82. The van der Waals surface area contributed by atoms with Crippen LogP contribution in [0.5, 0.6) is 0 Å². The third kappa shape index (κ3) is 4.08. The van der Waals surface area contributed by atoms with E-state index >= 15 is 0 Å². The molecular weight excluding hydrogens is 260 g/mol. The van der Waals surface area contributed by atoms with Gasteiger partial charge in [0, 0.05) is 24.1 Å². The van der Waals surface area contributed by atoms with Crippen molar-refractivity contribution in [1.29, 1.82) is 0 Å². The molecule has 0 unspecified atom stereocenters. The number of hydrogen-bond acceptors (Lipinski definition) is 4. The maximum Gasteiger partial charge on any atom is 0.138 e. The Kier molecular flexibility index (Phi) is 5.07. The highest BCUT2D eigenvalue weighted by atomic mass is 15.1. The van der Waals surface area contributed by atoms with Crippen LogP contribution in [-0.2, 0) is 5.41 Å². The van der Waals surface area contributed by atoms with Gasteiger partial charge < -0.3 is 10.6 Å². The van der Waals surface area contributed by atoms with E-state index < -0.39 is 0 Å². The number of rotatable bonds is 5. The lowest BCUT2D eigenvalue weighted by Crippen LogP contribution is -2.21. The first-order valence-electron chi connectivity index (χ1n) is 8.28. The maximum atomic E-state index is 4.79. The molecule has 2 N–H and O–H groups in total. The van der Waals surface area contributed by atoms with Crippen molar-refractivity contribution in [2.45, 2.75) is 65.7 Å². The van der Waals surface area contributed by atoms with E-state index in [0.717, 1.165) is 42.0 Å². The number of nitrogens with zero attached hydrogens (tertiary/aromatic N) is 2. The lowest BCUT2D eigenvalue weighted by molar-refractivity contribution is 0.543. The zero-order valence-corrected chi connectivity index (χ0v) is 14.2. The van der Waals surface area contributed by atoms with Gasteiger partial charge in [-0.05, 0) is 32.6 Å². The standard InChI is InChI=1S/C17H30N4/c1-6-18-14-12(2)15(19-11-13-9-7-8-10-13)21-16(20-14)17(3,4)5/h13H,6-11H2,1-5H3,(H2,18,19,20,21). The zero-order valence-electron chi connectivity index (χ0n) is 14.2. The summed E-state index contributed by atoms with van der Waals surface area (Å²) in [7, 11) is 0. The van der Waals surface area contributed by atoms with Crippen molar-refractivity contribution in [3.63, 3.8) is 0 Å². The van der Waals surface area contributed by atoms with Gasteiger partial charge in [0.25, 0.3) is 0 Å². The van der Waals surface area contributed by atoms with Crippen LogP contribution in [-0.4, -0.2) is 23.1 Å². The molecular formula is C17H30N4. The summed E-state index contributed by atoms with van der Waals surface area (Å²) in [6.45, 7) is 12.6. The van der Waals surface area contributed by atoms with Crippen molar-refractivity contribution < 1.29 is 0 Å². The average Bonchev–Trinajstić information content (AvgIpc) is 2.91. The van der Waals surface area contributed by atoms with E-state index in [1.165, 1.54) is 25.7 Å². The van der Waals surface area contributed by atoms with Crippen LogP contribution in [0.4, 0.5) is 11.6 Å². The Balaban J connectivity index is 2.22. The van der Waals surface area contributed by atoms with Crippen molar-refractivity contribution >= 4 is 11.6 Å². The molecule has 4 heteroatoms. The topological polar surface area (TPSA) is 49.8 Å². The summed E-state index contributed by atoms with van der Waals surface area (Å²) in [4.78, 5) is 9.50. The Morgan fingerprint density at radius 1 is 1.05 bits per heavy atom. The summed E-state index contributed by atoms with van der Waals surface area (Å²) < 4.78 is 0. The average molecular weight is 290 g/mol. The Morgan fingerprint density at radius 3 is 2.14 bits per heavy atom. The molecule has 0 spiro atoms. The predicted molar refractivity (Wildman–Crippen MR) is 90.1 cm³/mol. The molecule has 1 aromatic heterocycles. The largest absolute Gasteiger partial charge is 0.370 e. The van der Waals surface area contributed by atoms with Crippen molar-refractivity contribution in [2.24, 2.45) is 5.92 Å². The van der Waals surface area contributed by atoms with Gasteiger partial charge in [-0.15, -0.1) is 0 Å². The Labute approximate surface area is 129 Å². The first kappa shape index (κ1) is 16.1. The van der Waals surface area contributed by atoms with Crippen LogP contribution in [0.15, 0.2) is 0 Å². The lowest BCUT2D eigenvalue weighted by Gasteiger charge is -2.22. The quantitative estimate of drug-likeness (QED) is 0.856. The molecule has 0 aliphatic heterocycles. The predicted octanol–water partition coefficient (Wildman–Crippen LogP) is 4.12. The van der Waals surface area contributed by atoms with Crippen LogP contribution in [0, 0.1) is 12.8 Å². The van der Waals surface area contributed by atoms with Crippen LogP contribution in [0.1, 0.15) is 64.8 Å². The summed E-state index contributed by atoms with van der Waals surface area (Å²) in [6.07, 6.45) is 5.46. The number of aromatic nitrogens is 2. The minimum Gasteiger partial charge on any atom is -0.370 e. The summed E-state index contributed by atoms with van der Waals surface area (Å²) >= 11 is 0. The lowest BCUT2D eigenvalue weighted by atomic mass is 9.95. The first-order valence-corrected chi connectivity index (χ1v) is 8.28. The van der Waals surface area contributed by atoms with Crippen molar-refractivity contribution in [3.05, 3.63) is 11.4 Å². The van der Waals surface area contributed by atoms with Crippen molar-refractivity contribution in [3.8, 4) is 0 Å². The number of hydrogen-bond donors (Lipinski definition) is 2. The molecule has 4 nitrogen and oxygen atoms in total. The van der Waals surface area contributed by atoms with Crippen LogP contribution in [0.3, 0.4) is 0 Å². The summed E-state index contributed by atoms with van der Waals surface area (Å²) in [5.74, 6) is 3.67. The highest BCUT2D eigenvalue weighted by Gasteiger charge is 2.22.